The topological polar surface area (TPSA) is 58.4 Å². The largest absolute Gasteiger partial charge is 0.389 e. The van der Waals surface area contributed by atoms with Gasteiger partial charge in [-0.2, -0.15) is 13.2 Å². The van der Waals surface area contributed by atoms with Gasteiger partial charge in [0.05, 0.1) is 0 Å². The summed E-state index contributed by atoms with van der Waals surface area (Å²) in [7, 11) is 0. The van der Waals surface area contributed by atoms with Crippen LogP contribution >= 0.6 is 0 Å². The van der Waals surface area contributed by atoms with E-state index in [9.17, 15) is 18.0 Å². The second kappa shape index (κ2) is 6.38. The van der Waals surface area contributed by atoms with Crippen molar-refractivity contribution < 1.29 is 18.0 Å². The van der Waals surface area contributed by atoms with Crippen molar-refractivity contribution in [2.75, 3.05) is 19.6 Å². The molecule has 1 amide bonds. The van der Waals surface area contributed by atoms with Crippen molar-refractivity contribution in [1.82, 2.24) is 10.2 Å². The van der Waals surface area contributed by atoms with Crippen LogP contribution in [0.1, 0.15) is 26.2 Å². The van der Waals surface area contributed by atoms with Gasteiger partial charge in [0.25, 0.3) is 0 Å². The first-order valence-electron chi connectivity index (χ1n) is 6.14. The lowest BCUT2D eigenvalue weighted by Crippen LogP contribution is -2.59. The Balaban J connectivity index is 2.43. The smallest absolute Gasteiger partial charge is 0.368 e. The van der Waals surface area contributed by atoms with Gasteiger partial charge in [-0.25, -0.2) is 0 Å². The summed E-state index contributed by atoms with van der Waals surface area (Å²) in [6, 6.07) is -0.480. The van der Waals surface area contributed by atoms with E-state index in [4.69, 9.17) is 5.73 Å². The Morgan fingerprint density at radius 1 is 1.56 bits per heavy atom. The second-order valence-corrected chi connectivity index (χ2v) is 4.72. The molecule has 1 rings (SSSR count). The molecule has 18 heavy (non-hydrogen) atoms. The number of halogens is 3. The number of carbonyl (C=O) groups is 1. The minimum Gasteiger partial charge on any atom is -0.368 e. The molecule has 1 fully saturated rings. The molecular formula is C11H20F3N3O. The third kappa shape index (κ3) is 4.81. The van der Waals surface area contributed by atoms with Crippen molar-refractivity contribution >= 4 is 5.91 Å². The molecule has 106 valence electrons. The monoisotopic (exact) mass is 267 g/mol. The Bertz CT molecular complexity index is 283. The fourth-order valence-electron chi connectivity index (χ4n) is 2.28. The summed E-state index contributed by atoms with van der Waals surface area (Å²) in [4.78, 5) is 13.2. The maximum absolute atomic E-state index is 12.1. The number of hydrogen-bond acceptors (Lipinski definition) is 3. The number of amides is 1. The van der Waals surface area contributed by atoms with Crippen molar-refractivity contribution in [3.05, 3.63) is 0 Å². The second-order valence-electron chi connectivity index (χ2n) is 4.72. The molecule has 4 nitrogen and oxygen atoms in total. The lowest BCUT2D eigenvalue weighted by atomic mass is 10.0. The van der Waals surface area contributed by atoms with Crippen molar-refractivity contribution in [2.24, 2.45) is 5.73 Å². The molecule has 0 aromatic heterocycles. The van der Waals surface area contributed by atoms with E-state index in [1.807, 2.05) is 11.8 Å². The van der Waals surface area contributed by atoms with Gasteiger partial charge in [0.2, 0.25) is 5.91 Å². The van der Waals surface area contributed by atoms with Crippen molar-refractivity contribution in [1.29, 1.82) is 0 Å². The number of nitrogens with zero attached hydrogens (tertiary/aromatic N) is 1. The van der Waals surface area contributed by atoms with Gasteiger partial charge in [-0.15, -0.1) is 0 Å². The molecule has 2 atom stereocenters. The number of carbonyl (C=O) groups excluding carboxylic acids is 1. The van der Waals surface area contributed by atoms with E-state index in [-0.39, 0.29) is 12.5 Å². The fourth-order valence-corrected chi connectivity index (χ4v) is 2.28. The molecule has 2 unspecified atom stereocenters. The van der Waals surface area contributed by atoms with Gasteiger partial charge in [-0.05, 0) is 19.8 Å². The molecule has 0 aromatic rings. The molecule has 0 bridgehead atoms. The molecular weight excluding hydrogens is 247 g/mol. The first-order chi connectivity index (χ1) is 8.31. The van der Waals surface area contributed by atoms with Gasteiger partial charge in [0.1, 0.15) is 6.04 Å². The third-order valence-corrected chi connectivity index (χ3v) is 3.26. The molecule has 0 aliphatic carbocycles. The molecule has 0 saturated carbocycles. The van der Waals surface area contributed by atoms with E-state index in [0.29, 0.717) is 19.5 Å². The van der Waals surface area contributed by atoms with Crippen LogP contribution in [0.25, 0.3) is 0 Å². The molecule has 0 radical (unpaired) electrons. The average molecular weight is 267 g/mol. The van der Waals surface area contributed by atoms with Gasteiger partial charge in [-0.3, -0.25) is 9.69 Å². The van der Waals surface area contributed by atoms with Crippen LogP contribution in [-0.2, 0) is 4.79 Å². The highest BCUT2D eigenvalue weighted by atomic mass is 19.4. The summed E-state index contributed by atoms with van der Waals surface area (Å²) < 4.78 is 36.2. The molecule has 1 aliphatic rings. The molecule has 0 aromatic carbocycles. The van der Waals surface area contributed by atoms with E-state index < -0.39 is 24.5 Å². The summed E-state index contributed by atoms with van der Waals surface area (Å²) in [5, 5.41) is 3.06. The van der Waals surface area contributed by atoms with E-state index in [2.05, 4.69) is 5.32 Å². The van der Waals surface area contributed by atoms with Gasteiger partial charge in [0, 0.05) is 32.1 Å². The standard InChI is InChI=1S/C11H20F3N3O/c1-8(3-2-4-11(12,13)14)17-6-5-16-7-9(17)10(15)18/h8-9,16H,2-7H2,1H3,(H2,15,18). The van der Waals surface area contributed by atoms with E-state index >= 15 is 0 Å². The Hall–Kier alpha value is -0.820. The highest BCUT2D eigenvalue weighted by Crippen LogP contribution is 2.24. The summed E-state index contributed by atoms with van der Waals surface area (Å²) in [6.07, 6.45) is -4.37. The number of alkyl halides is 3. The highest BCUT2D eigenvalue weighted by Gasteiger charge is 2.31. The van der Waals surface area contributed by atoms with Crippen molar-refractivity contribution in [2.45, 2.75) is 44.4 Å². The summed E-state index contributed by atoms with van der Waals surface area (Å²) >= 11 is 0. The van der Waals surface area contributed by atoms with Crippen molar-refractivity contribution in [3.63, 3.8) is 0 Å². The molecule has 1 heterocycles. The lowest BCUT2D eigenvalue weighted by Gasteiger charge is -2.38. The minimum absolute atomic E-state index is 0.0630. The van der Waals surface area contributed by atoms with Gasteiger partial charge < -0.3 is 11.1 Å². The van der Waals surface area contributed by atoms with Crippen LogP contribution in [0.15, 0.2) is 0 Å². The summed E-state index contributed by atoms with van der Waals surface area (Å²) in [6.45, 7) is 3.69. The Labute approximate surface area is 105 Å². The first-order valence-corrected chi connectivity index (χ1v) is 6.14. The number of primary amides is 1. The van der Waals surface area contributed by atoms with E-state index in [0.717, 1.165) is 6.54 Å². The van der Waals surface area contributed by atoms with Crippen LogP contribution in [-0.4, -0.2) is 48.7 Å². The zero-order valence-corrected chi connectivity index (χ0v) is 10.5. The Kier molecular flexibility index (Phi) is 5.40. The molecule has 1 aliphatic heterocycles. The number of nitrogens with two attached hydrogens (primary N) is 1. The minimum atomic E-state index is -4.10. The normalized spacial score (nSPS) is 23.9. The fraction of sp³-hybridized carbons (Fsp3) is 0.909. The number of rotatable bonds is 5. The highest BCUT2D eigenvalue weighted by molar-refractivity contribution is 5.80. The molecule has 7 heteroatoms. The summed E-state index contributed by atoms with van der Waals surface area (Å²) in [5.41, 5.74) is 5.29. The van der Waals surface area contributed by atoms with Crippen LogP contribution in [0.3, 0.4) is 0 Å². The molecule has 1 saturated heterocycles. The maximum atomic E-state index is 12.1. The first kappa shape index (κ1) is 15.2. The Morgan fingerprint density at radius 3 is 2.78 bits per heavy atom. The Morgan fingerprint density at radius 2 is 2.22 bits per heavy atom. The lowest BCUT2D eigenvalue weighted by molar-refractivity contribution is -0.137. The van der Waals surface area contributed by atoms with Crippen LogP contribution in [0.2, 0.25) is 0 Å². The molecule has 0 spiro atoms. The van der Waals surface area contributed by atoms with Crippen molar-refractivity contribution in [3.8, 4) is 0 Å². The average Bonchev–Trinajstić information content (AvgIpc) is 2.27. The number of nitrogens with one attached hydrogen (secondary N) is 1. The van der Waals surface area contributed by atoms with E-state index in [1.165, 1.54) is 0 Å². The van der Waals surface area contributed by atoms with E-state index in [1.54, 1.807) is 0 Å². The quantitative estimate of drug-likeness (QED) is 0.777. The third-order valence-electron chi connectivity index (χ3n) is 3.26. The SMILES string of the molecule is CC(CCCC(F)(F)F)N1CCNCC1C(N)=O. The van der Waals surface area contributed by atoms with Gasteiger partial charge in [0.15, 0.2) is 0 Å². The predicted molar refractivity (Wildman–Crippen MR) is 61.9 cm³/mol. The molecule has 3 N–H and O–H groups in total. The van der Waals surface area contributed by atoms with Crippen LogP contribution < -0.4 is 11.1 Å². The zero-order valence-electron chi connectivity index (χ0n) is 10.5. The van der Waals surface area contributed by atoms with Crippen LogP contribution in [0.5, 0.6) is 0 Å². The number of hydrogen-bond donors (Lipinski definition) is 2. The zero-order chi connectivity index (χ0) is 13.8. The van der Waals surface area contributed by atoms with Crippen LogP contribution in [0.4, 0.5) is 13.2 Å². The maximum Gasteiger partial charge on any atom is 0.389 e. The van der Waals surface area contributed by atoms with Gasteiger partial charge in [-0.1, -0.05) is 0 Å². The predicted octanol–water partition coefficient (Wildman–Crippen LogP) is 0.867. The number of piperazine rings is 1. The summed E-state index contributed by atoms with van der Waals surface area (Å²) in [5.74, 6) is -0.426. The van der Waals surface area contributed by atoms with Gasteiger partial charge >= 0.3 is 6.18 Å². The van der Waals surface area contributed by atoms with Crippen LogP contribution in [0, 0.1) is 0 Å².